The zero-order valence-corrected chi connectivity index (χ0v) is 20.4. The molecule has 0 saturated carbocycles. The molecule has 0 saturated heterocycles. The quantitative estimate of drug-likeness (QED) is 0.327. The Bertz CT molecular complexity index is 1550. The first kappa shape index (κ1) is 23.6. The second-order valence-corrected chi connectivity index (χ2v) is 12.9. The molecule has 10 heteroatoms. The Morgan fingerprint density at radius 3 is 2.30 bits per heavy atom. The van der Waals surface area contributed by atoms with Crippen LogP contribution in [0.3, 0.4) is 0 Å². The van der Waals surface area contributed by atoms with Crippen LogP contribution in [0.2, 0.25) is 5.02 Å². The molecule has 170 valence electrons. The summed E-state index contributed by atoms with van der Waals surface area (Å²) in [4.78, 5) is 4.80. The van der Waals surface area contributed by atoms with Gasteiger partial charge >= 0.3 is 0 Å². The van der Waals surface area contributed by atoms with Gasteiger partial charge in [-0.05, 0) is 48.0 Å². The van der Waals surface area contributed by atoms with Crippen molar-refractivity contribution >= 4 is 42.6 Å². The summed E-state index contributed by atoms with van der Waals surface area (Å²) in [7, 11) is -7.49. The maximum Gasteiger partial charge on any atom is 0.210 e. The number of hydrogen-bond acceptors (Lipinski definition) is 6. The van der Waals surface area contributed by atoms with Crippen LogP contribution in [0.1, 0.15) is 5.56 Å². The van der Waals surface area contributed by atoms with Gasteiger partial charge in [0.05, 0.1) is 21.2 Å². The fraction of sp³-hybridized carbons (Fsp3) is 0.0870. The molecule has 5 nitrogen and oxygen atoms in total. The maximum absolute atomic E-state index is 13.5. The van der Waals surface area contributed by atoms with Gasteiger partial charge in [0.25, 0.3) is 0 Å². The zero-order chi connectivity index (χ0) is 23.8. The molecule has 0 bridgehead atoms. The molecule has 0 N–H and O–H groups in total. The van der Waals surface area contributed by atoms with Crippen LogP contribution in [-0.2, 0) is 25.4 Å². The average Bonchev–Trinajstić information content (AvgIpc) is 3.20. The van der Waals surface area contributed by atoms with Gasteiger partial charge in [0, 0.05) is 22.4 Å². The lowest BCUT2D eigenvalue weighted by Gasteiger charge is -2.08. The molecular weight excluding hydrogens is 505 g/mol. The van der Waals surface area contributed by atoms with Crippen molar-refractivity contribution in [2.24, 2.45) is 0 Å². The molecule has 0 aliphatic carbocycles. The van der Waals surface area contributed by atoms with E-state index in [1.165, 1.54) is 30.3 Å². The van der Waals surface area contributed by atoms with Crippen molar-refractivity contribution < 1.29 is 21.2 Å². The zero-order valence-electron chi connectivity index (χ0n) is 17.2. The average molecular weight is 522 g/mol. The highest BCUT2D eigenvalue weighted by Crippen LogP contribution is 2.41. The Balaban J connectivity index is 1.91. The van der Waals surface area contributed by atoms with Crippen molar-refractivity contribution in [3.8, 4) is 21.7 Å². The van der Waals surface area contributed by atoms with Crippen LogP contribution in [0.25, 0.3) is 21.7 Å². The number of sulfone groups is 2. The minimum absolute atomic E-state index is 0.0517. The Morgan fingerprint density at radius 1 is 0.939 bits per heavy atom. The Labute approximate surface area is 200 Å². The highest BCUT2D eigenvalue weighted by atomic mass is 35.5. The summed E-state index contributed by atoms with van der Waals surface area (Å²) in [5, 5.41) is 0.414. The number of halogens is 2. The van der Waals surface area contributed by atoms with Crippen molar-refractivity contribution in [2.75, 3.05) is 6.26 Å². The van der Waals surface area contributed by atoms with Crippen molar-refractivity contribution in [3.05, 3.63) is 89.2 Å². The predicted molar refractivity (Wildman–Crippen MR) is 128 cm³/mol. The van der Waals surface area contributed by atoms with Crippen LogP contribution in [0, 0.1) is 5.82 Å². The van der Waals surface area contributed by atoms with Crippen molar-refractivity contribution in [2.45, 2.75) is 15.0 Å². The molecule has 0 atom stereocenters. The van der Waals surface area contributed by atoms with Crippen LogP contribution in [0.15, 0.2) is 82.0 Å². The number of aromatic nitrogens is 1. The summed E-state index contributed by atoms with van der Waals surface area (Å²) < 4.78 is 64.6. The van der Waals surface area contributed by atoms with E-state index in [9.17, 15) is 21.2 Å². The smallest absolute Gasteiger partial charge is 0.210 e. The lowest BCUT2D eigenvalue weighted by Crippen LogP contribution is -2.04. The van der Waals surface area contributed by atoms with Gasteiger partial charge in [0.2, 0.25) is 14.2 Å². The fourth-order valence-electron chi connectivity index (χ4n) is 3.30. The van der Waals surface area contributed by atoms with Crippen LogP contribution in [-0.4, -0.2) is 28.1 Å². The van der Waals surface area contributed by atoms with E-state index in [4.69, 9.17) is 11.6 Å². The van der Waals surface area contributed by atoms with E-state index >= 15 is 0 Å². The van der Waals surface area contributed by atoms with Crippen LogP contribution in [0.5, 0.6) is 0 Å². The highest BCUT2D eigenvalue weighted by Gasteiger charge is 2.27. The second kappa shape index (κ2) is 8.98. The van der Waals surface area contributed by atoms with Gasteiger partial charge in [-0.2, -0.15) is 0 Å². The van der Waals surface area contributed by atoms with E-state index in [0.29, 0.717) is 26.6 Å². The topological polar surface area (TPSA) is 81.2 Å². The number of benzene rings is 3. The van der Waals surface area contributed by atoms with Crippen molar-refractivity contribution in [3.63, 3.8) is 0 Å². The minimum atomic E-state index is -3.88. The largest absolute Gasteiger partial charge is 0.224 e. The molecule has 33 heavy (non-hydrogen) atoms. The lowest BCUT2D eigenvalue weighted by molar-refractivity contribution is 0.594. The maximum atomic E-state index is 13.5. The molecule has 0 radical (unpaired) electrons. The SMILES string of the molecule is CS(=O)(=O)c1ccccc1-c1sc(S(=O)(=O)Cc2cccc(Cl)c2)nc1-c1ccc(F)cc1. The summed E-state index contributed by atoms with van der Waals surface area (Å²) in [6, 6.07) is 18.3. The summed E-state index contributed by atoms with van der Waals surface area (Å²) >= 11 is 6.87. The van der Waals surface area contributed by atoms with Gasteiger partial charge in [-0.3, -0.25) is 0 Å². The third-order valence-corrected chi connectivity index (χ3v) is 9.39. The summed E-state index contributed by atoms with van der Waals surface area (Å²) in [6.45, 7) is 0. The molecular formula is C23H17ClFNO4S3. The van der Waals surface area contributed by atoms with E-state index < -0.39 is 25.5 Å². The first-order valence-corrected chi connectivity index (χ1v) is 14.3. The number of thiazole rings is 1. The summed E-state index contributed by atoms with van der Waals surface area (Å²) in [5.41, 5.74) is 1.57. The highest BCUT2D eigenvalue weighted by molar-refractivity contribution is 7.92. The summed E-state index contributed by atoms with van der Waals surface area (Å²) in [5.74, 6) is -0.780. The van der Waals surface area contributed by atoms with Crippen LogP contribution in [0.4, 0.5) is 4.39 Å². The molecule has 0 fully saturated rings. The standard InChI is InChI=1S/C23H17ClFNO4S3/c1-32(27,28)20-8-3-2-7-19(20)22-21(16-9-11-18(25)12-10-16)26-23(31-22)33(29,30)14-15-5-4-6-17(24)13-15/h2-13H,14H2,1H3. The van der Waals surface area contributed by atoms with E-state index in [0.717, 1.165) is 17.6 Å². The van der Waals surface area contributed by atoms with Crippen LogP contribution < -0.4 is 0 Å². The number of nitrogens with zero attached hydrogens (tertiary/aromatic N) is 1. The number of rotatable bonds is 6. The molecule has 0 spiro atoms. The van der Waals surface area contributed by atoms with Gasteiger partial charge in [-0.25, -0.2) is 26.2 Å². The molecule has 4 rings (SSSR count). The molecule has 0 amide bonds. The van der Waals surface area contributed by atoms with Gasteiger partial charge in [-0.1, -0.05) is 41.9 Å². The van der Waals surface area contributed by atoms with Gasteiger partial charge in [0.15, 0.2) is 9.84 Å². The molecule has 3 aromatic carbocycles. The molecule has 0 unspecified atom stereocenters. The van der Waals surface area contributed by atoms with Gasteiger partial charge in [0.1, 0.15) is 5.82 Å². The van der Waals surface area contributed by atoms with Gasteiger partial charge < -0.3 is 0 Å². The Morgan fingerprint density at radius 2 is 1.64 bits per heavy atom. The lowest BCUT2D eigenvalue weighted by atomic mass is 10.1. The molecule has 1 heterocycles. The Hall–Kier alpha value is -2.59. The third kappa shape index (κ3) is 5.16. The second-order valence-electron chi connectivity index (χ2n) is 7.32. The molecule has 4 aromatic rings. The van der Waals surface area contributed by atoms with Crippen molar-refractivity contribution in [1.82, 2.24) is 4.98 Å². The normalized spacial score (nSPS) is 12.1. The molecule has 1 aromatic heterocycles. The van der Waals surface area contributed by atoms with E-state index in [-0.39, 0.29) is 20.7 Å². The van der Waals surface area contributed by atoms with Crippen molar-refractivity contribution in [1.29, 1.82) is 0 Å². The fourth-order valence-corrected chi connectivity index (χ4v) is 7.24. The van der Waals surface area contributed by atoms with Gasteiger partial charge in [-0.15, -0.1) is 11.3 Å². The predicted octanol–water partition coefficient (Wildman–Crippen LogP) is 5.65. The van der Waals surface area contributed by atoms with E-state index in [1.807, 2.05) is 0 Å². The minimum Gasteiger partial charge on any atom is -0.224 e. The molecule has 0 aliphatic rings. The molecule has 0 aliphatic heterocycles. The Kier molecular flexibility index (Phi) is 6.41. The van der Waals surface area contributed by atoms with E-state index in [2.05, 4.69) is 4.98 Å². The third-order valence-electron chi connectivity index (χ3n) is 4.77. The first-order valence-electron chi connectivity index (χ1n) is 9.58. The van der Waals surface area contributed by atoms with E-state index in [1.54, 1.807) is 42.5 Å². The number of hydrogen-bond donors (Lipinski definition) is 0. The monoisotopic (exact) mass is 521 g/mol. The van der Waals surface area contributed by atoms with Crippen LogP contribution >= 0.6 is 22.9 Å². The first-order chi connectivity index (χ1) is 15.5. The summed E-state index contributed by atoms with van der Waals surface area (Å²) in [6.07, 6.45) is 1.08.